The monoisotopic (exact) mass is 189 g/mol. The van der Waals surface area contributed by atoms with Crippen molar-refractivity contribution in [3.05, 3.63) is 28.8 Å². The molecule has 0 heterocycles. The van der Waals surface area contributed by atoms with Crippen molar-refractivity contribution >= 4 is 6.29 Å². The van der Waals surface area contributed by atoms with Crippen molar-refractivity contribution in [1.82, 2.24) is 0 Å². The SMILES string of the molecule is COc1cc(C=O)cc(CC#N)c1C. The number of methoxy groups -OCH3 is 1. The molecule has 3 heteroatoms. The Morgan fingerprint density at radius 3 is 2.79 bits per heavy atom. The zero-order chi connectivity index (χ0) is 10.6. The summed E-state index contributed by atoms with van der Waals surface area (Å²) < 4.78 is 5.11. The van der Waals surface area contributed by atoms with Crippen LogP contribution in [-0.2, 0) is 6.42 Å². The molecule has 0 N–H and O–H groups in total. The molecule has 0 bridgehead atoms. The molecule has 1 rings (SSSR count). The van der Waals surface area contributed by atoms with Crippen LogP contribution in [0.1, 0.15) is 21.5 Å². The van der Waals surface area contributed by atoms with Crippen LogP contribution in [0.4, 0.5) is 0 Å². The number of carbonyl (C=O) groups is 1. The van der Waals surface area contributed by atoms with Crippen LogP contribution in [0.25, 0.3) is 0 Å². The molecular weight excluding hydrogens is 178 g/mol. The Hall–Kier alpha value is -1.82. The van der Waals surface area contributed by atoms with E-state index in [0.717, 1.165) is 17.4 Å². The summed E-state index contributed by atoms with van der Waals surface area (Å²) in [4.78, 5) is 10.6. The lowest BCUT2D eigenvalue weighted by Gasteiger charge is -2.08. The average molecular weight is 189 g/mol. The molecule has 0 saturated heterocycles. The Morgan fingerprint density at radius 2 is 2.29 bits per heavy atom. The average Bonchev–Trinajstić information content (AvgIpc) is 2.21. The Bertz CT molecular complexity index is 391. The fraction of sp³-hybridized carbons (Fsp3) is 0.273. The standard InChI is InChI=1S/C11H11NO2/c1-8-10(3-4-12)5-9(7-13)6-11(8)14-2/h5-7H,3H2,1-2H3. The molecule has 0 aliphatic rings. The zero-order valence-electron chi connectivity index (χ0n) is 8.20. The van der Waals surface area contributed by atoms with Crippen LogP contribution in [0.2, 0.25) is 0 Å². The van der Waals surface area contributed by atoms with Crippen molar-refractivity contribution < 1.29 is 9.53 Å². The molecular formula is C11H11NO2. The number of ether oxygens (including phenoxy) is 1. The number of nitrogens with zero attached hydrogens (tertiary/aromatic N) is 1. The van der Waals surface area contributed by atoms with Crippen molar-refractivity contribution in [3.63, 3.8) is 0 Å². The van der Waals surface area contributed by atoms with E-state index in [0.29, 0.717) is 17.7 Å². The summed E-state index contributed by atoms with van der Waals surface area (Å²) in [5, 5.41) is 8.59. The number of benzene rings is 1. The van der Waals surface area contributed by atoms with E-state index < -0.39 is 0 Å². The molecule has 0 amide bonds. The third-order valence-corrected chi connectivity index (χ3v) is 2.12. The fourth-order valence-electron chi connectivity index (χ4n) is 1.32. The number of rotatable bonds is 3. The lowest BCUT2D eigenvalue weighted by molar-refractivity contribution is 0.112. The first-order chi connectivity index (χ1) is 6.72. The van der Waals surface area contributed by atoms with E-state index in [4.69, 9.17) is 10.00 Å². The first-order valence-electron chi connectivity index (χ1n) is 4.22. The molecule has 0 aliphatic heterocycles. The van der Waals surface area contributed by atoms with Crippen LogP contribution >= 0.6 is 0 Å². The predicted molar refractivity (Wildman–Crippen MR) is 52.4 cm³/mol. The van der Waals surface area contributed by atoms with E-state index in [9.17, 15) is 4.79 Å². The van der Waals surface area contributed by atoms with E-state index in [1.807, 2.05) is 6.92 Å². The molecule has 0 spiro atoms. The number of nitriles is 1. The summed E-state index contributed by atoms with van der Waals surface area (Å²) in [6.07, 6.45) is 1.05. The smallest absolute Gasteiger partial charge is 0.150 e. The second-order valence-corrected chi connectivity index (χ2v) is 2.96. The van der Waals surface area contributed by atoms with Gasteiger partial charge in [0.25, 0.3) is 0 Å². The number of carbonyl (C=O) groups excluding carboxylic acids is 1. The molecule has 0 unspecified atom stereocenters. The van der Waals surface area contributed by atoms with Crippen molar-refractivity contribution in [1.29, 1.82) is 5.26 Å². The van der Waals surface area contributed by atoms with Crippen LogP contribution in [0, 0.1) is 18.3 Å². The summed E-state index contributed by atoms with van der Waals surface area (Å²) in [5.41, 5.74) is 2.30. The van der Waals surface area contributed by atoms with Crippen LogP contribution in [-0.4, -0.2) is 13.4 Å². The largest absolute Gasteiger partial charge is 0.496 e. The van der Waals surface area contributed by atoms with Crippen molar-refractivity contribution in [2.24, 2.45) is 0 Å². The van der Waals surface area contributed by atoms with Gasteiger partial charge >= 0.3 is 0 Å². The highest BCUT2D eigenvalue weighted by atomic mass is 16.5. The van der Waals surface area contributed by atoms with Crippen LogP contribution in [0.3, 0.4) is 0 Å². The molecule has 14 heavy (non-hydrogen) atoms. The molecule has 1 aromatic rings. The van der Waals surface area contributed by atoms with E-state index in [1.165, 1.54) is 0 Å². The Kier molecular flexibility index (Phi) is 3.24. The van der Waals surface area contributed by atoms with Crippen molar-refractivity contribution in [2.75, 3.05) is 7.11 Å². The van der Waals surface area contributed by atoms with Gasteiger partial charge in [0, 0.05) is 5.56 Å². The van der Waals surface area contributed by atoms with Gasteiger partial charge in [-0.15, -0.1) is 0 Å². The maximum absolute atomic E-state index is 10.6. The molecule has 72 valence electrons. The number of hydrogen-bond donors (Lipinski definition) is 0. The maximum atomic E-state index is 10.6. The third kappa shape index (κ3) is 1.91. The summed E-state index contributed by atoms with van der Waals surface area (Å²) >= 11 is 0. The van der Waals surface area contributed by atoms with Gasteiger partial charge in [0.15, 0.2) is 0 Å². The first kappa shape index (κ1) is 10.3. The highest BCUT2D eigenvalue weighted by Gasteiger charge is 2.06. The van der Waals surface area contributed by atoms with E-state index in [1.54, 1.807) is 19.2 Å². The number of aldehydes is 1. The van der Waals surface area contributed by atoms with Gasteiger partial charge in [0.2, 0.25) is 0 Å². The van der Waals surface area contributed by atoms with Gasteiger partial charge in [-0.3, -0.25) is 4.79 Å². The third-order valence-electron chi connectivity index (χ3n) is 2.12. The lowest BCUT2D eigenvalue weighted by Crippen LogP contribution is -1.96. The topological polar surface area (TPSA) is 50.1 Å². The van der Waals surface area contributed by atoms with Gasteiger partial charge in [-0.25, -0.2) is 0 Å². The highest BCUT2D eigenvalue weighted by molar-refractivity contribution is 5.76. The minimum Gasteiger partial charge on any atom is -0.496 e. The Labute approximate surface area is 82.9 Å². The quantitative estimate of drug-likeness (QED) is 0.682. The summed E-state index contributed by atoms with van der Waals surface area (Å²) in [6.45, 7) is 1.88. The first-order valence-corrected chi connectivity index (χ1v) is 4.22. The van der Waals surface area contributed by atoms with Crippen LogP contribution in [0.15, 0.2) is 12.1 Å². The molecule has 3 nitrogen and oxygen atoms in total. The molecule has 1 aromatic carbocycles. The predicted octanol–water partition coefficient (Wildman–Crippen LogP) is 1.88. The Morgan fingerprint density at radius 1 is 1.57 bits per heavy atom. The Balaban J connectivity index is 3.27. The lowest BCUT2D eigenvalue weighted by atomic mass is 10.0. The van der Waals surface area contributed by atoms with Crippen LogP contribution < -0.4 is 4.74 Å². The minimum absolute atomic E-state index is 0.296. The molecule has 0 fully saturated rings. The fourth-order valence-corrected chi connectivity index (χ4v) is 1.32. The highest BCUT2D eigenvalue weighted by Crippen LogP contribution is 2.23. The second-order valence-electron chi connectivity index (χ2n) is 2.96. The van der Waals surface area contributed by atoms with Crippen LogP contribution in [0.5, 0.6) is 5.75 Å². The molecule has 0 aliphatic carbocycles. The maximum Gasteiger partial charge on any atom is 0.150 e. The molecule has 0 atom stereocenters. The summed E-state index contributed by atoms with van der Waals surface area (Å²) in [5.74, 6) is 0.653. The second kappa shape index (κ2) is 4.43. The van der Waals surface area contributed by atoms with E-state index in [-0.39, 0.29) is 0 Å². The van der Waals surface area contributed by atoms with E-state index >= 15 is 0 Å². The van der Waals surface area contributed by atoms with Gasteiger partial charge in [0.1, 0.15) is 12.0 Å². The van der Waals surface area contributed by atoms with Gasteiger partial charge < -0.3 is 4.74 Å². The van der Waals surface area contributed by atoms with Crippen molar-refractivity contribution in [2.45, 2.75) is 13.3 Å². The summed E-state index contributed by atoms with van der Waals surface area (Å²) in [7, 11) is 1.55. The van der Waals surface area contributed by atoms with Crippen molar-refractivity contribution in [3.8, 4) is 11.8 Å². The van der Waals surface area contributed by atoms with E-state index in [2.05, 4.69) is 6.07 Å². The molecule has 0 aromatic heterocycles. The number of hydrogen-bond acceptors (Lipinski definition) is 3. The zero-order valence-corrected chi connectivity index (χ0v) is 8.20. The van der Waals surface area contributed by atoms with Gasteiger partial charge in [-0.05, 0) is 30.2 Å². The minimum atomic E-state index is 0.296. The van der Waals surface area contributed by atoms with Gasteiger partial charge in [-0.2, -0.15) is 5.26 Å². The normalized spacial score (nSPS) is 9.21. The van der Waals surface area contributed by atoms with Gasteiger partial charge in [0.05, 0.1) is 19.6 Å². The van der Waals surface area contributed by atoms with Gasteiger partial charge in [-0.1, -0.05) is 0 Å². The molecule has 0 saturated carbocycles. The molecule has 0 radical (unpaired) electrons. The summed E-state index contributed by atoms with van der Waals surface area (Å²) in [6, 6.07) is 5.44.